The van der Waals surface area contributed by atoms with E-state index in [-0.39, 0.29) is 5.91 Å². The molecule has 0 bridgehead atoms. The van der Waals surface area contributed by atoms with Crippen molar-refractivity contribution in [2.75, 3.05) is 26.7 Å². The quantitative estimate of drug-likeness (QED) is 0.829. The van der Waals surface area contributed by atoms with Crippen molar-refractivity contribution in [1.29, 1.82) is 0 Å². The van der Waals surface area contributed by atoms with Crippen LogP contribution in [0.5, 0.6) is 5.75 Å². The van der Waals surface area contributed by atoms with E-state index in [9.17, 15) is 4.79 Å². The minimum Gasteiger partial charge on any atom is -0.481 e. The number of nitrogens with one attached hydrogen (secondary N) is 1. The highest BCUT2D eigenvalue weighted by atomic mass is 35.5. The SMILES string of the molecule is CC[C@H](Oc1cccc(Cl)c1)C(=O)NCCC1CCN(C)CC1. The number of ether oxygens (including phenoxy) is 1. The predicted molar refractivity (Wildman–Crippen MR) is 94.0 cm³/mol. The summed E-state index contributed by atoms with van der Waals surface area (Å²) in [6, 6.07) is 7.16. The maximum absolute atomic E-state index is 12.3. The number of benzene rings is 1. The zero-order chi connectivity index (χ0) is 16.7. The normalized spacial score (nSPS) is 17.7. The lowest BCUT2D eigenvalue weighted by Gasteiger charge is -2.29. The van der Waals surface area contributed by atoms with Gasteiger partial charge in [0.1, 0.15) is 5.75 Å². The van der Waals surface area contributed by atoms with Crippen LogP contribution >= 0.6 is 11.6 Å². The Morgan fingerprint density at radius 3 is 2.83 bits per heavy atom. The van der Waals surface area contributed by atoms with Crippen LogP contribution < -0.4 is 10.1 Å². The fraction of sp³-hybridized carbons (Fsp3) is 0.611. The standard InChI is InChI=1S/C18H27ClN2O2/c1-3-17(23-16-6-4-5-15(19)13-16)18(22)20-10-7-14-8-11-21(2)12-9-14/h4-6,13-14,17H,3,7-12H2,1-2H3,(H,20,22)/t17-/m0/s1. The molecule has 1 heterocycles. The van der Waals surface area contributed by atoms with Gasteiger partial charge in [-0.25, -0.2) is 0 Å². The van der Waals surface area contributed by atoms with E-state index in [4.69, 9.17) is 16.3 Å². The topological polar surface area (TPSA) is 41.6 Å². The highest BCUT2D eigenvalue weighted by Crippen LogP contribution is 2.20. The van der Waals surface area contributed by atoms with Crippen molar-refractivity contribution >= 4 is 17.5 Å². The Bertz CT molecular complexity index is 502. The van der Waals surface area contributed by atoms with Crippen molar-refractivity contribution in [2.45, 2.75) is 38.7 Å². The van der Waals surface area contributed by atoms with Crippen molar-refractivity contribution in [3.05, 3.63) is 29.3 Å². The molecule has 0 aliphatic carbocycles. The van der Waals surface area contributed by atoms with Crippen LogP contribution in [0.25, 0.3) is 0 Å². The van der Waals surface area contributed by atoms with Crippen molar-refractivity contribution in [3.8, 4) is 5.75 Å². The molecule has 0 spiro atoms. The first-order valence-electron chi connectivity index (χ1n) is 8.47. The smallest absolute Gasteiger partial charge is 0.261 e. The fourth-order valence-corrected chi connectivity index (χ4v) is 3.07. The second kappa shape index (κ2) is 9.14. The molecule has 1 aliphatic rings. The third-order valence-electron chi connectivity index (χ3n) is 4.43. The Hall–Kier alpha value is -1.26. The van der Waals surface area contributed by atoms with Gasteiger partial charge in [-0.15, -0.1) is 0 Å². The highest BCUT2D eigenvalue weighted by Gasteiger charge is 2.20. The Morgan fingerprint density at radius 2 is 2.17 bits per heavy atom. The van der Waals surface area contributed by atoms with Crippen LogP contribution in [0.1, 0.15) is 32.6 Å². The van der Waals surface area contributed by atoms with E-state index in [1.54, 1.807) is 12.1 Å². The number of rotatable bonds is 7. The zero-order valence-corrected chi connectivity index (χ0v) is 14.8. The van der Waals surface area contributed by atoms with Gasteiger partial charge < -0.3 is 15.0 Å². The average Bonchev–Trinajstić information content (AvgIpc) is 2.54. The van der Waals surface area contributed by atoms with E-state index in [0.717, 1.165) is 32.0 Å². The summed E-state index contributed by atoms with van der Waals surface area (Å²) in [5, 5.41) is 3.63. The Balaban J connectivity index is 1.74. The monoisotopic (exact) mass is 338 g/mol. The van der Waals surface area contributed by atoms with Gasteiger partial charge in [0, 0.05) is 11.6 Å². The van der Waals surface area contributed by atoms with Crippen molar-refractivity contribution in [3.63, 3.8) is 0 Å². The molecule has 1 saturated heterocycles. The molecule has 0 radical (unpaired) electrons. The fourth-order valence-electron chi connectivity index (χ4n) is 2.89. The molecule has 1 aromatic rings. The Labute approximate surface area is 144 Å². The largest absolute Gasteiger partial charge is 0.481 e. The van der Waals surface area contributed by atoms with Crippen LogP contribution in [0.15, 0.2) is 24.3 Å². The van der Waals surface area contributed by atoms with Crippen molar-refractivity contribution in [2.24, 2.45) is 5.92 Å². The molecule has 0 aromatic heterocycles. The van der Waals surface area contributed by atoms with Gasteiger partial charge in [0.25, 0.3) is 5.91 Å². The minimum absolute atomic E-state index is 0.0413. The summed E-state index contributed by atoms with van der Waals surface area (Å²) in [5.41, 5.74) is 0. The van der Waals surface area contributed by atoms with E-state index in [2.05, 4.69) is 17.3 Å². The van der Waals surface area contributed by atoms with Gasteiger partial charge in [0.15, 0.2) is 6.10 Å². The molecular formula is C18H27ClN2O2. The first-order valence-corrected chi connectivity index (χ1v) is 8.84. The molecule has 1 aliphatic heterocycles. The van der Waals surface area contributed by atoms with Gasteiger partial charge in [-0.3, -0.25) is 4.79 Å². The van der Waals surface area contributed by atoms with E-state index in [0.29, 0.717) is 17.2 Å². The van der Waals surface area contributed by atoms with Crippen molar-refractivity contribution < 1.29 is 9.53 Å². The van der Waals surface area contributed by atoms with Crippen molar-refractivity contribution in [1.82, 2.24) is 10.2 Å². The average molecular weight is 339 g/mol. The summed E-state index contributed by atoms with van der Waals surface area (Å²) in [6.07, 6.45) is 3.66. The lowest BCUT2D eigenvalue weighted by atomic mass is 9.94. The number of halogens is 1. The van der Waals surface area contributed by atoms with Gasteiger partial charge in [-0.1, -0.05) is 24.6 Å². The summed E-state index contributed by atoms with van der Waals surface area (Å²) >= 11 is 5.95. The first kappa shape index (κ1) is 18.1. The lowest BCUT2D eigenvalue weighted by molar-refractivity contribution is -0.128. The molecule has 5 heteroatoms. The highest BCUT2D eigenvalue weighted by molar-refractivity contribution is 6.30. The molecular weight excluding hydrogens is 312 g/mol. The summed E-state index contributed by atoms with van der Waals surface area (Å²) < 4.78 is 5.76. The van der Waals surface area contributed by atoms with E-state index >= 15 is 0 Å². The second-order valence-electron chi connectivity index (χ2n) is 6.30. The number of amides is 1. The van der Waals surface area contributed by atoms with E-state index < -0.39 is 6.10 Å². The number of carbonyl (C=O) groups excluding carboxylic acids is 1. The van der Waals surface area contributed by atoms with Gasteiger partial charge in [-0.05, 0) is 69.9 Å². The van der Waals surface area contributed by atoms with Gasteiger partial charge >= 0.3 is 0 Å². The number of likely N-dealkylation sites (tertiary alicyclic amines) is 1. The molecule has 128 valence electrons. The van der Waals surface area contributed by atoms with Crippen LogP contribution in [-0.2, 0) is 4.79 Å². The summed E-state index contributed by atoms with van der Waals surface area (Å²) in [7, 11) is 2.16. The predicted octanol–water partition coefficient (Wildman–Crippen LogP) is 3.35. The molecule has 2 rings (SSSR count). The van der Waals surface area contributed by atoms with Gasteiger partial charge in [-0.2, -0.15) is 0 Å². The molecule has 1 fully saturated rings. The third-order valence-corrected chi connectivity index (χ3v) is 4.66. The number of hydrogen-bond donors (Lipinski definition) is 1. The number of nitrogens with zero attached hydrogens (tertiary/aromatic N) is 1. The second-order valence-corrected chi connectivity index (χ2v) is 6.73. The molecule has 1 N–H and O–H groups in total. The molecule has 1 atom stereocenters. The summed E-state index contributed by atoms with van der Waals surface area (Å²) in [4.78, 5) is 14.6. The number of hydrogen-bond acceptors (Lipinski definition) is 3. The zero-order valence-electron chi connectivity index (χ0n) is 14.1. The maximum Gasteiger partial charge on any atom is 0.261 e. The van der Waals surface area contributed by atoms with Gasteiger partial charge in [0.2, 0.25) is 0 Å². The maximum atomic E-state index is 12.3. The minimum atomic E-state index is -0.467. The summed E-state index contributed by atoms with van der Waals surface area (Å²) in [5.74, 6) is 1.32. The molecule has 0 saturated carbocycles. The Morgan fingerprint density at radius 1 is 1.43 bits per heavy atom. The third kappa shape index (κ3) is 6.04. The molecule has 0 unspecified atom stereocenters. The Kier molecular flexibility index (Phi) is 7.18. The molecule has 4 nitrogen and oxygen atoms in total. The van der Waals surface area contributed by atoms with Crippen LogP contribution in [0.4, 0.5) is 0 Å². The van der Waals surface area contributed by atoms with E-state index in [1.807, 2.05) is 19.1 Å². The number of carbonyl (C=O) groups is 1. The molecule has 23 heavy (non-hydrogen) atoms. The van der Waals surface area contributed by atoms with Crippen LogP contribution in [0, 0.1) is 5.92 Å². The number of piperidine rings is 1. The summed E-state index contributed by atoms with van der Waals surface area (Å²) in [6.45, 7) is 5.00. The first-order chi connectivity index (χ1) is 11.1. The lowest BCUT2D eigenvalue weighted by Crippen LogP contribution is -2.39. The van der Waals surface area contributed by atoms with Crippen LogP contribution in [0.2, 0.25) is 5.02 Å². The van der Waals surface area contributed by atoms with Crippen LogP contribution in [0.3, 0.4) is 0 Å². The van der Waals surface area contributed by atoms with Gasteiger partial charge in [0.05, 0.1) is 0 Å². The molecule has 1 amide bonds. The molecule has 1 aromatic carbocycles. The van der Waals surface area contributed by atoms with Crippen LogP contribution in [-0.4, -0.2) is 43.6 Å². The van der Waals surface area contributed by atoms with E-state index in [1.165, 1.54) is 12.8 Å².